The molecule has 2 heterocycles. The fourth-order valence-corrected chi connectivity index (χ4v) is 1.37. The first-order valence-electron chi connectivity index (χ1n) is 4.73. The van der Waals surface area contributed by atoms with Crippen molar-refractivity contribution in [3.8, 4) is 0 Å². The van der Waals surface area contributed by atoms with Gasteiger partial charge in [0.1, 0.15) is 0 Å². The Balaban J connectivity index is 2.41. The highest BCUT2D eigenvalue weighted by atomic mass is 14.9. The summed E-state index contributed by atoms with van der Waals surface area (Å²) in [6, 6.07) is 6.28. The van der Waals surface area contributed by atoms with E-state index in [2.05, 4.69) is 29.1 Å². The van der Waals surface area contributed by atoms with Crippen molar-refractivity contribution in [3.05, 3.63) is 30.6 Å². The molecule has 14 heavy (non-hydrogen) atoms. The number of aromatic nitrogens is 2. The second kappa shape index (κ2) is 3.62. The molecule has 0 aliphatic rings. The lowest BCUT2D eigenvalue weighted by Crippen LogP contribution is -2.09. The molecule has 0 saturated heterocycles. The van der Waals surface area contributed by atoms with Crippen molar-refractivity contribution < 1.29 is 0 Å². The van der Waals surface area contributed by atoms with Crippen LogP contribution in [-0.2, 0) is 0 Å². The van der Waals surface area contributed by atoms with Gasteiger partial charge in [-0.3, -0.25) is 9.97 Å². The summed E-state index contributed by atoms with van der Waals surface area (Å²) in [7, 11) is 0. The van der Waals surface area contributed by atoms with Crippen LogP contribution in [0.25, 0.3) is 11.0 Å². The lowest BCUT2D eigenvalue weighted by atomic mass is 10.3. The van der Waals surface area contributed by atoms with Gasteiger partial charge in [0, 0.05) is 12.2 Å². The first-order chi connectivity index (χ1) is 6.75. The topological polar surface area (TPSA) is 37.8 Å². The van der Waals surface area contributed by atoms with Gasteiger partial charge in [-0.05, 0) is 32.0 Å². The molecule has 0 aliphatic heterocycles. The third kappa shape index (κ3) is 1.82. The van der Waals surface area contributed by atoms with Gasteiger partial charge >= 0.3 is 0 Å². The largest absolute Gasteiger partial charge is 0.382 e. The van der Waals surface area contributed by atoms with Crippen molar-refractivity contribution in [1.29, 1.82) is 0 Å². The molecular weight excluding hydrogens is 174 g/mol. The third-order valence-corrected chi connectivity index (χ3v) is 1.91. The van der Waals surface area contributed by atoms with E-state index in [4.69, 9.17) is 0 Å². The maximum Gasteiger partial charge on any atom is 0.0907 e. The highest BCUT2D eigenvalue weighted by molar-refractivity contribution is 5.77. The van der Waals surface area contributed by atoms with Gasteiger partial charge in [0.2, 0.25) is 0 Å². The Bertz CT molecular complexity index is 437. The molecule has 0 saturated carbocycles. The molecule has 1 N–H and O–H groups in total. The molecule has 0 unspecified atom stereocenters. The molecule has 72 valence electrons. The number of pyridine rings is 2. The predicted molar refractivity (Wildman–Crippen MR) is 58.3 cm³/mol. The number of hydrogen-bond donors (Lipinski definition) is 1. The number of hydrogen-bond acceptors (Lipinski definition) is 3. The molecule has 0 fully saturated rings. The maximum absolute atomic E-state index is 4.31. The summed E-state index contributed by atoms with van der Waals surface area (Å²) in [6.45, 7) is 4.20. The average molecular weight is 187 g/mol. The normalized spacial score (nSPS) is 10.8. The summed E-state index contributed by atoms with van der Waals surface area (Å²) in [5.74, 6) is 0. The average Bonchev–Trinajstić information content (AvgIpc) is 2.17. The molecule has 0 aromatic carbocycles. The fraction of sp³-hybridized carbons (Fsp3) is 0.273. The number of nitrogens with zero attached hydrogens (tertiary/aromatic N) is 2. The van der Waals surface area contributed by atoms with E-state index >= 15 is 0 Å². The second-order valence-corrected chi connectivity index (χ2v) is 3.56. The standard InChI is InChI=1S/C11H13N3/c1-8(2)14-9-6-11-10(13-7-9)4-3-5-12-11/h3-8,14H,1-2H3. The fourth-order valence-electron chi connectivity index (χ4n) is 1.37. The number of anilines is 1. The van der Waals surface area contributed by atoms with E-state index in [0.717, 1.165) is 16.7 Å². The molecule has 2 aromatic rings. The summed E-state index contributed by atoms with van der Waals surface area (Å²) in [5.41, 5.74) is 2.88. The van der Waals surface area contributed by atoms with Crippen LogP contribution in [0.3, 0.4) is 0 Å². The molecule has 0 amide bonds. The van der Waals surface area contributed by atoms with Gasteiger partial charge in [-0.25, -0.2) is 0 Å². The number of fused-ring (bicyclic) bond motifs is 1. The number of nitrogens with one attached hydrogen (secondary N) is 1. The molecule has 0 aliphatic carbocycles. The van der Waals surface area contributed by atoms with Crippen molar-refractivity contribution in [2.24, 2.45) is 0 Å². The van der Waals surface area contributed by atoms with E-state index in [9.17, 15) is 0 Å². The Morgan fingerprint density at radius 2 is 2.07 bits per heavy atom. The van der Waals surface area contributed by atoms with Crippen LogP contribution in [0, 0.1) is 0 Å². The van der Waals surface area contributed by atoms with Gasteiger partial charge in [0.05, 0.1) is 22.9 Å². The Labute approximate surface area is 83.2 Å². The lowest BCUT2D eigenvalue weighted by molar-refractivity contribution is 0.898. The molecule has 2 rings (SSSR count). The van der Waals surface area contributed by atoms with Gasteiger partial charge in [-0.2, -0.15) is 0 Å². The maximum atomic E-state index is 4.31. The van der Waals surface area contributed by atoms with Crippen molar-refractivity contribution in [1.82, 2.24) is 9.97 Å². The van der Waals surface area contributed by atoms with Crippen LogP contribution in [0.2, 0.25) is 0 Å². The van der Waals surface area contributed by atoms with E-state index in [1.807, 2.05) is 24.4 Å². The van der Waals surface area contributed by atoms with Gasteiger partial charge in [-0.1, -0.05) is 0 Å². The third-order valence-electron chi connectivity index (χ3n) is 1.91. The van der Waals surface area contributed by atoms with E-state index in [1.54, 1.807) is 6.20 Å². The minimum absolute atomic E-state index is 0.415. The van der Waals surface area contributed by atoms with Gasteiger partial charge in [0.15, 0.2) is 0 Å². The Hall–Kier alpha value is -1.64. The molecule has 0 atom stereocenters. The summed E-state index contributed by atoms with van der Waals surface area (Å²) >= 11 is 0. The van der Waals surface area contributed by atoms with Crippen LogP contribution < -0.4 is 5.32 Å². The van der Waals surface area contributed by atoms with Crippen LogP contribution in [0.1, 0.15) is 13.8 Å². The SMILES string of the molecule is CC(C)Nc1cnc2cccnc2c1. The second-order valence-electron chi connectivity index (χ2n) is 3.56. The smallest absolute Gasteiger partial charge is 0.0907 e. The van der Waals surface area contributed by atoms with Crippen LogP contribution in [-0.4, -0.2) is 16.0 Å². The zero-order valence-electron chi connectivity index (χ0n) is 8.36. The van der Waals surface area contributed by atoms with Crippen LogP contribution in [0.4, 0.5) is 5.69 Å². The first-order valence-corrected chi connectivity index (χ1v) is 4.73. The molecule has 2 aromatic heterocycles. The van der Waals surface area contributed by atoms with E-state index in [0.29, 0.717) is 6.04 Å². The summed E-state index contributed by atoms with van der Waals surface area (Å²) < 4.78 is 0. The molecule has 0 spiro atoms. The van der Waals surface area contributed by atoms with E-state index < -0.39 is 0 Å². The highest BCUT2D eigenvalue weighted by Gasteiger charge is 1.98. The highest BCUT2D eigenvalue weighted by Crippen LogP contribution is 2.14. The van der Waals surface area contributed by atoms with E-state index in [-0.39, 0.29) is 0 Å². The molecular formula is C11H13N3. The van der Waals surface area contributed by atoms with E-state index in [1.165, 1.54) is 0 Å². The first kappa shape index (κ1) is 8.94. The van der Waals surface area contributed by atoms with Crippen molar-refractivity contribution in [2.45, 2.75) is 19.9 Å². The number of rotatable bonds is 2. The minimum atomic E-state index is 0.415. The summed E-state index contributed by atoms with van der Waals surface area (Å²) in [4.78, 5) is 8.56. The van der Waals surface area contributed by atoms with Crippen LogP contribution >= 0.6 is 0 Å². The zero-order chi connectivity index (χ0) is 9.97. The Morgan fingerprint density at radius 1 is 1.21 bits per heavy atom. The molecule has 3 nitrogen and oxygen atoms in total. The summed E-state index contributed by atoms with van der Waals surface area (Å²) in [6.07, 6.45) is 3.62. The molecule has 3 heteroatoms. The summed E-state index contributed by atoms with van der Waals surface area (Å²) in [5, 5.41) is 3.29. The van der Waals surface area contributed by atoms with Crippen molar-refractivity contribution in [2.75, 3.05) is 5.32 Å². The predicted octanol–water partition coefficient (Wildman–Crippen LogP) is 2.45. The van der Waals surface area contributed by atoms with Crippen molar-refractivity contribution in [3.63, 3.8) is 0 Å². The zero-order valence-corrected chi connectivity index (χ0v) is 8.36. The lowest BCUT2D eigenvalue weighted by Gasteiger charge is -2.09. The molecule has 0 radical (unpaired) electrons. The van der Waals surface area contributed by atoms with Gasteiger partial charge in [-0.15, -0.1) is 0 Å². The van der Waals surface area contributed by atoms with Crippen LogP contribution in [0.5, 0.6) is 0 Å². The Kier molecular flexibility index (Phi) is 2.31. The van der Waals surface area contributed by atoms with Gasteiger partial charge in [0.25, 0.3) is 0 Å². The minimum Gasteiger partial charge on any atom is -0.382 e. The Morgan fingerprint density at radius 3 is 2.86 bits per heavy atom. The monoisotopic (exact) mass is 187 g/mol. The molecule has 0 bridgehead atoms. The van der Waals surface area contributed by atoms with Crippen molar-refractivity contribution >= 4 is 16.7 Å². The quantitative estimate of drug-likeness (QED) is 0.784. The van der Waals surface area contributed by atoms with Crippen LogP contribution in [0.15, 0.2) is 30.6 Å². The van der Waals surface area contributed by atoms with Gasteiger partial charge < -0.3 is 5.32 Å².